The Kier molecular flexibility index (Phi) is 3.48. The number of likely N-dealkylation sites (tertiary alicyclic amines) is 2. The summed E-state index contributed by atoms with van der Waals surface area (Å²) in [6.45, 7) is 4.26. The molecule has 2 aliphatic heterocycles. The van der Waals surface area contributed by atoms with E-state index in [0.29, 0.717) is 6.04 Å². The second-order valence-corrected chi connectivity index (χ2v) is 5.81. The maximum atomic E-state index is 11.9. The molecule has 96 valence electrons. The Bertz CT molecular complexity index is 429. The van der Waals surface area contributed by atoms with Crippen LogP contribution in [-0.2, 0) is 4.79 Å². The average molecular weight is 262 g/mol. The first-order chi connectivity index (χ1) is 8.83. The fourth-order valence-corrected chi connectivity index (χ4v) is 3.24. The fraction of sp³-hybridized carbons (Fsp3) is 0.500. The van der Waals surface area contributed by atoms with Crippen molar-refractivity contribution in [2.45, 2.75) is 18.9 Å². The van der Waals surface area contributed by atoms with Crippen molar-refractivity contribution in [3.63, 3.8) is 0 Å². The number of amides is 1. The summed E-state index contributed by atoms with van der Waals surface area (Å²) in [5.74, 6) is 0.150. The number of thiophene rings is 1. The maximum absolute atomic E-state index is 11.9. The molecule has 1 amide bonds. The number of carbonyl (C=O) groups is 1. The van der Waals surface area contributed by atoms with Crippen LogP contribution < -0.4 is 0 Å². The average Bonchev–Trinajstić information content (AvgIpc) is 2.97. The van der Waals surface area contributed by atoms with E-state index in [0.717, 1.165) is 18.7 Å². The van der Waals surface area contributed by atoms with Crippen LogP contribution in [0.15, 0.2) is 22.9 Å². The molecule has 4 heteroatoms. The van der Waals surface area contributed by atoms with Gasteiger partial charge in [0.2, 0.25) is 5.91 Å². The minimum atomic E-state index is 0.150. The lowest BCUT2D eigenvalue weighted by atomic mass is 10.1. The molecule has 0 atom stereocenters. The summed E-state index contributed by atoms with van der Waals surface area (Å²) >= 11 is 1.65. The lowest BCUT2D eigenvalue weighted by Crippen LogP contribution is -2.60. The minimum absolute atomic E-state index is 0.150. The Labute approximate surface area is 112 Å². The van der Waals surface area contributed by atoms with Gasteiger partial charge in [0, 0.05) is 25.2 Å². The van der Waals surface area contributed by atoms with Gasteiger partial charge in [-0.2, -0.15) is 11.3 Å². The number of nitrogens with zero attached hydrogens (tertiary/aromatic N) is 2. The highest BCUT2D eigenvalue weighted by Crippen LogP contribution is 2.20. The first-order valence-corrected chi connectivity index (χ1v) is 7.50. The van der Waals surface area contributed by atoms with Crippen molar-refractivity contribution in [1.29, 1.82) is 0 Å². The van der Waals surface area contributed by atoms with Crippen LogP contribution in [0.4, 0.5) is 0 Å². The Morgan fingerprint density at radius 2 is 2.11 bits per heavy atom. The van der Waals surface area contributed by atoms with Gasteiger partial charge in [-0.25, -0.2) is 0 Å². The molecule has 0 saturated carbocycles. The van der Waals surface area contributed by atoms with Gasteiger partial charge in [0.25, 0.3) is 0 Å². The van der Waals surface area contributed by atoms with Crippen LogP contribution >= 0.6 is 11.3 Å². The van der Waals surface area contributed by atoms with Crippen LogP contribution in [0.1, 0.15) is 18.4 Å². The molecule has 0 unspecified atom stereocenters. The molecule has 0 radical (unpaired) electrons. The van der Waals surface area contributed by atoms with Crippen molar-refractivity contribution in [3.05, 3.63) is 28.5 Å². The molecule has 0 bridgehead atoms. The van der Waals surface area contributed by atoms with E-state index in [4.69, 9.17) is 0 Å². The second-order valence-electron chi connectivity index (χ2n) is 5.03. The topological polar surface area (TPSA) is 23.6 Å². The van der Waals surface area contributed by atoms with E-state index in [1.807, 2.05) is 27.8 Å². The third kappa shape index (κ3) is 2.49. The molecular weight excluding hydrogens is 244 g/mol. The molecule has 2 saturated heterocycles. The van der Waals surface area contributed by atoms with Gasteiger partial charge in [-0.1, -0.05) is 0 Å². The summed E-state index contributed by atoms with van der Waals surface area (Å²) in [4.78, 5) is 16.4. The molecule has 3 rings (SSSR count). The predicted octanol–water partition coefficient (Wildman–Crippen LogP) is 2.07. The van der Waals surface area contributed by atoms with Crippen molar-refractivity contribution in [2.24, 2.45) is 0 Å². The number of hydrogen-bond donors (Lipinski definition) is 0. The molecule has 0 aromatic carbocycles. The van der Waals surface area contributed by atoms with Gasteiger partial charge in [-0.05, 0) is 54.4 Å². The third-order valence-corrected chi connectivity index (χ3v) is 4.49. The van der Waals surface area contributed by atoms with E-state index in [1.54, 1.807) is 17.4 Å². The predicted molar refractivity (Wildman–Crippen MR) is 74.5 cm³/mol. The molecule has 0 aliphatic carbocycles. The van der Waals surface area contributed by atoms with E-state index >= 15 is 0 Å². The summed E-state index contributed by atoms with van der Waals surface area (Å²) in [5.41, 5.74) is 1.12. The Balaban J connectivity index is 1.47. The normalized spacial score (nSPS) is 21.7. The zero-order chi connectivity index (χ0) is 12.4. The van der Waals surface area contributed by atoms with Crippen LogP contribution in [0.2, 0.25) is 0 Å². The van der Waals surface area contributed by atoms with Crippen molar-refractivity contribution >= 4 is 23.3 Å². The van der Waals surface area contributed by atoms with Crippen molar-refractivity contribution in [1.82, 2.24) is 9.80 Å². The molecule has 1 aromatic rings. The summed E-state index contributed by atoms with van der Waals surface area (Å²) in [7, 11) is 0. The van der Waals surface area contributed by atoms with Gasteiger partial charge in [-0.3, -0.25) is 9.69 Å². The Hall–Kier alpha value is -1.13. The Morgan fingerprint density at radius 1 is 1.33 bits per heavy atom. The van der Waals surface area contributed by atoms with E-state index in [9.17, 15) is 4.79 Å². The number of rotatable bonds is 3. The highest BCUT2D eigenvalue weighted by Gasteiger charge is 2.34. The molecule has 0 spiro atoms. The van der Waals surface area contributed by atoms with E-state index in [-0.39, 0.29) is 5.91 Å². The van der Waals surface area contributed by atoms with Crippen LogP contribution in [-0.4, -0.2) is 47.9 Å². The summed E-state index contributed by atoms with van der Waals surface area (Å²) in [5, 5.41) is 4.07. The zero-order valence-electron chi connectivity index (χ0n) is 10.4. The molecular formula is C14H18N2OS. The molecule has 3 nitrogen and oxygen atoms in total. The van der Waals surface area contributed by atoms with Gasteiger partial charge < -0.3 is 4.90 Å². The van der Waals surface area contributed by atoms with E-state index in [2.05, 4.69) is 4.90 Å². The number of carbonyl (C=O) groups excluding carboxylic acids is 1. The van der Waals surface area contributed by atoms with Crippen molar-refractivity contribution < 1.29 is 4.79 Å². The van der Waals surface area contributed by atoms with Crippen LogP contribution in [0.3, 0.4) is 0 Å². The molecule has 1 aromatic heterocycles. The molecule has 2 fully saturated rings. The van der Waals surface area contributed by atoms with E-state index < -0.39 is 0 Å². The van der Waals surface area contributed by atoms with Gasteiger partial charge in [0.15, 0.2) is 0 Å². The minimum Gasteiger partial charge on any atom is -0.336 e. The number of hydrogen-bond acceptors (Lipinski definition) is 3. The fourth-order valence-electron chi connectivity index (χ4n) is 2.62. The summed E-state index contributed by atoms with van der Waals surface area (Å²) in [6.07, 6.45) is 6.25. The zero-order valence-corrected chi connectivity index (χ0v) is 11.2. The Morgan fingerprint density at radius 3 is 2.78 bits per heavy atom. The largest absolute Gasteiger partial charge is 0.336 e. The summed E-state index contributed by atoms with van der Waals surface area (Å²) in [6, 6.07) is 2.64. The van der Waals surface area contributed by atoms with Crippen LogP contribution in [0.25, 0.3) is 6.08 Å². The quantitative estimate of drug-likeness (QED) is 0.779. The smallest absolute Gasteiger partial charge is 0.246 e. The molecule has 18 heavy (non-hydrogen) atoms. The monoisotopic (exact) mass is 262 g/mol. The SMILES string of the molecule is O=C(C=Cc1ccsc1)N1CC(N2CCCC2)C1. The van der Waals surface area contributed by atoms with Gasteiger partial charge in [-0.15, -0.1) is 0 Å². The first-order valence-electron chi connectivity index (χ1n) is 6.56. The van der Waals surface area contributed by atoms with E-state index in [1.165, 1.54) is 25.9 Å². The van der Waals surface area contributed by atoms with Crippen LogP contribution in [0.5, 0.6) is 0 Å². The van der Waals surface area contributed by atoms with Gasteiger partial charge in [0.1, 0.15) is 0 Å². The second kappa shape index (κ2) is 5.24. The maximum Gasteiger partial charge on any atom is 0.246 e. The molecule has 0 N–H and O–H groups in total. The molecule has 3 heterocycles. The first kappa shape index (κ1) is 11.9. The van der Waals surface area contributed by atoms with Crippen LogP contribution in [0, 0.1) is 0 Å². The van der Waals surface area contributed by atoms with Crippen molar-refractivity contribution in [3.8, 4) is 0 Å². The standard InChI is InChI=1S/C14H18N2OS/c17-14(4-3-12-5-8-18-11-12)16-9-13(10-16)15-6-1-2-7-15/h3-5,8,11,13H,1-2,6-7,9-10H2. The van der Waals surface area contributed by atoms with Gasteiger partial charge >= 0.3 is 0 Å². The lowest BCUT2D eigenvalue weighted by molar-refractivity contribution is -0.132. The van der Waals surface area contributed by atoms with Gasteiger partial charge in [0.05, 0.1) is 0 Å². The summed E-state index contributed by atoms with van der Waals surface area (Å²) < 4.78 is 0. The highest BCUT2D eigenvalue weighted by molar-refractivity contribution is 7.08. The molecule has 2 aliphatic rings. The lowest BCUT2D eigenvalue weighted by Gasteiger charge is -2.43. The highest BCUT2D eigenvalue weighted by atomic mass is 32.1. The van der Waals surface area contributed by atoms with Crippen molar-refractivity contribution in [2.75, 3.05) is 26.2 Å². The third-order valence-electron chi connectivity index (χ3n) is 3.79.